The average molecular weight is 439 g/mol. The van der Waals surface area contributed by atoms with Crippen LogP contribution in [0.1, 0.15) is 32.1 Å². The highest BCUT2D eigenvalue weighted by molar-refractivity contribution is 5.85. The van der Waals surface area contributed by atoms with Crippen LogP contribution < -0.4 is 19.5 Å². The first kappa shape index (κ1) is 21.5. The molecule has 1 aromatic carbocycles. The number of ether oxygens (including phenoxy) is 3. The van der Waals surface area contributed by atoms with Gasteiger partial charge in [0.25, 0.3) is 0 Å². The Hall–Kier alpha value is -1.70. The van der Waals surface area contributed by atoms with E-state index in [0.717, 1.165) is 51.2 Å². The zero-order valence-corrected chi connectivity index (χ0v) is 17.9. The van der Waals surface area contributed by atoms with Gasteiger partial charge in [0.15, 0.2) is 11.5 Å². The summed E-state index contributed by atoms with van der Waals surface area (Å²) in [5, 5.41) is 14.0. The second-order valence-electron chi connectivity index (χ2n) is 8.93. The number of aliphatic hydroxyl groups is 1. The van der Waals surface area contributed by atoms with Crippen LogP contribution in [0.4, 0.5) is 0 Å². The lowest BCUT2D eigenvalue weighted by Gasteiger charge is -2.35. The maximum absolute atomic E-state index is 12.8. The van der Waals surface area contributed by atoms with Crippen LogP contribution in [-0.4, -0.2) is 61.1 Å². The van der Waals surface area contributed by atoms with E-state index in [2.05, 4.69) is 5.32 Å². The first-order valence-electron chi connectivity index (χ1n) is 10.9. The van der Waals surface area contributed by atoms with Crippen molar-refractivity contribution < 1.29 is 24.1 Å². The van der Waals surface area contributed by atoms with Crippen LogP contribution in [-0.2, 0) is 4.79 Å². The van der Waals surface area contributed by atoms with E-state index in [4.69, 9.17) is 14.2 Å². The molecule has 2 saturated heterocycles. The summed E-state index contributed by atoms with van der Waals surface area (Å²) in [7, 11) is 0. The van der Waals surface area contributed by atoms with Gasteiger partial charge in [0.05, 0.1) is 6.10 Å². The van der Waals surface area contributed by atoms with Gasteiger partial charge >= 0.3 is 0 Å². The van der Waals surface area contributed by atoms with Gasteiger partial charge in [-0.2, -0.15) is 0 Å². The Bertz CT molecular complexity index is 757. The van der Waals surface area contributed by atoms with Crippen LogP contribution in [0.15, 0.2) is 18.2 Å². The standard InChI is InChI=1S/C22H30N2O5.ClH/c25-18-8-15-11-24(22(26)7-14-3-5-23-6-4-14)12-16(15)9-20(18)29-17-1-2-19-21(10-17)28-13-27-19;/h1-2,10,14-16,18,20,23,25H,3-9,11-13H2;1H/t15-,16+,18+,20+;/m0./s1. The summed E-state index contributed by atoms with van der Waals surface area (Å²) in [5.41, 5.74) is 0. The van der Waals surface area contributed by atoms with Crippen molar-refractivity contribution in [3.05, 3.63) is 18.2 Å². The zero-order chi connectivity index (χ0) is 19.8. The molecule has 0 radical (unpaired) electrons. The Morgan fingerprint density at radius 3 is 2.67 bits per heavy atom. The summed E-state index contributed by atoms with van der Waals surface area (Å²) in [6, 6.07) is 5.52. The van der Waals surface area contributed by atoms with E-state index in [0.29, 0.717) is 42.1 Å². The minimum atomic E-state index is -0.513. The van der Waals surface area contributed by atoms with Crippen molar-refractivity contribution in [3.8, 4) is 17.2 Å². The lowest BCUT2D eigenvalue weighted by Crippen LogP contribution is -2.42. The van der Waals surface area contributed by atoms with Gasteiger partial charge in [-0.1, -0.05) is 0 Å². The molecule has 30 heavy (non-hydrogen) atoms. The molecule has 5 rings (SSSR count). The molecule has 1 aromatic rings. The Morgan fingerprint density at radius 1 is 1.13 bits per heavy atom. The lowest BCUT2D eigenvalue weighted by molar-refractivity contribution is -0.131. The number of halogens is 1. The van der Waals surface area contributed by atoms with Crippen molar-refractivity contribution in [2.75, 3.05) is 33.0 Å². The van der Waals surface area contributed by atoms with Gasteiger partial charge in [-0.3, -0.25) is 4.79 Å². The van der Waals surface area contributed by atoms with Gasteiger partial charge in [0, 0.05) is 25.6 Å². The Labute approximate surface area is 183 Å². The first-order valence-corrected chi connectivity index (χ1v) is 10.9. The van der Waals surface area contributed by atoms with Gasteiger partial charge < -0.3 is 29.5 Å². The minimum absolute atomic E-state index is 0. The van der Waals surface area contributed by atoms with Crippen LogP contribution in [0.5, 0.6) is 17.2 Å². The maximum atomic E-state index is 12.8. The van der Waals surface area contributed by atoms with Crippen molar-refractivity contribution in [1.29, 1.82) is 0 Å². The number of nitrogens with zero attached hydrogens (tertiary/aromatic N) is 1. The van der Waals surface area contributed by atoms with Gasteiger partial charge in [-0.05, 0) is 68.7 Å². The number of likely N-dealkylation sites (tertiary alicyclic amines) is 1. The van der Waals surface area contributed by atoms with Crippen molar-refractivity contribution in [2.45, 2.75) is 44.3 Å². The number of aliphatic hydroxyl groups excluding tert-OH is 1. The van der Waals surface area contributed by atoms with Gasteiger partial charge in [0.1, 0.15) is 11.9 Å². The molecule has 3 fully saturated rings. The normalized spacial score (nSPS) is 30.5. The van der Waals surface area contributed by atoms with E-state index in [1.807, 2.05) is 23.1 Å². The largest absolute Gasteiger partial charge is 0.488 e. The number of carbonyl (C=O) groups excluding carboxylic acids is 1. The number of hydrogen-bond donors (Lipinski definition) is 2. The highest BCUT2D eigenvalue weighted by Crippen LogP contribution is 2.40. The van der Waals surface area contributed by atoms with Gasteiger partial charge in [0.2, 0.25) is 12.7 Å². The second-order valence-corrected chi connectivity index (χ2v) is 8.93. The molecule has 2 N–H and O–H groups in total. The molecular weight excluding hydrogens is 408 g/mol. The molecule has 4 aliphatic rings. The molecule has 166 valence electrons. The number of hydrogen-bond acceptors (Lipinski definition) is 6. The molecule has 4 atom stereocenters. The quantitative estimate of drug-likeness (QED) is 0.750. The molecule has 3 heterocycles. The predicted molar refractivity (Wildman–Crippen MR) is 113 cm³/mol. The third kappa shape index (κ3) is 4.48. The summed E-state index contributed by atoms with van der Waals surface area (Å²) in [5.74, 6) is 3.66. The lowest BCUT2D eigenvalue weighted by atomic mass is 9.78. The topological polar surface area (TPSA) is 80.3 Å². The zero-order valence-electron chi connectivity index (χ0n) is 17.1. The Morgan fingerprint density at radius 2 is 1.87 bits per heavy atom. The molecule has 3 aliphatic heterocycles. The van der Waals surface area contributed by atoms with E-state index < -0.39 is 6.10 Å². The molecule has 0 spiro atoms. The molecule has 1 amide bonds. The fourth-order valence-electron chi connectivity index (χ4n) is 5.31. The van der Waals surface area contributed by atoms with Crippen LogP contribution in [0.3, 0.4) is 0 Å². The predicted octanol–water partition coefficient (Wildman–Crippen LogP) is 2.20. The van der Waals surface area contributed by atoms with E-state index in [1.54, 1.807) is 0 Å². The first-order chi connectivity index (χ1) is 14.2. The summed E-state index contributed by atoms with van der Waals surface area (Å²) < 4.78 is 16.9. The molecule has 1 saturated carbocycles. The number of rotatable bonds is 4. The van der Waals surface area contributed by atoms with Crippen LogP contribution in [0.25, 0.3) is 0 Å². The Kier molecular flexibility index (Phi) is 6.60. The number of benzene rings is 1. The summed E-state index contributed by atoms with van der Waals surface area (Å²) in [6.07, 6.45) is 3.56. The van der Waals surface area contributed by atoms with Crippen molar-refractivity contribution in [2.24, 2.45) is 17.8 Å². The molecule has 0 bridgehead atoms. The highest BCUT2D eigenvalue weighted by Gasteiger charge is 2.44. The van der Waals surface area contributed by atoms with Crippen molar-refractivity contribution in [1.82, 2.24) is 10.2 Å². The minimum Gasteiger partial charge on any atom is -0.488 e. The van der Waals surface area contributed by atoms with Crippen LogP contribution in [0, 0.1) is 17.8 Å². The maximum Gasteiger partial charge on any atom is 0.231 e. The van der Waals surface area contributed by atoms with Crippen LogP contribution in [0.2, 0.25) is 0 Å². The summed E-state index contributed by atoms with van der Waals surface area (Å²) >= 11 is 0. The monoisotopic (exact) mass is 438 g/mol. The highest BCUT2D eigenvalue weighted by atomic mass is 35.5. The molecule has 7 nitrogen and oxygen atoms in total. The SMILES string of the molecule is Cl.O=C(CC1CCNCC1)N1C[C@H]2C[C@@H](Oc3ccc4c(c3)OCO4)[C@H](O)C[C@H]2C1. The Balaban J connectivity index is 0.00000218. The van der Waals surface area contributed by atoms with E-state index in [-0.39, 0.29) is 31.2 Å². The van der Waals surface area contributed by atoms with Crippen LogP contribution >= 0.6 is 12.4 Å². The fraction of sp³-hybridized carbons (Fsp3) is 0.682. The number of amides is 1. The smallest absolute Gasteiger partial charge is 0.231 e. The van der Waals surface area contributed by atoms with E-state index in [9.17, 15) is 9.90 Å². The van der Waals surface area contributed by atoms with Crippen molar-refractivity contribution in [3.63, 3.8) is 0 Å². The summed E-state index contributed by atoms with van der Waals surface area (Å²) in [4.78, 5) is 14.8. The number of carbonyl (C=O) groups is 1. The van der Waals surface area contributed by atoms with E-state index >= 15 is 0 Å². The molecule has 8 heteroatoms. The van der Waals surface area contributed by atoms with Gasteiger partial charge in [-0.15, -0.1) is 12.4 Å². The molecule has 1 aliphatic carbocycles. The molecule has 0 unspecified atom stereocenters. The molecule has 0 aromatic heterocycles. The average Bonchev–Trinajstić information content (AvgIpc) is 3.35. The fourth-order valence-corrected chi connectivity index (χ4v) is 5.31. The third-order valence-corrected chi connectivity index (χ3v) is 6.99. The third-order valence-electron chi connectivity index (χ3n) is 6.99. The second kappa shape index (κ2) is 9.20. The number of nitrogens with one attached hydrogen (secondary N) is 1. The van der Waals surface area contributed by atoms with Crippen molar-refractivity contribution >= 4 is 18.3 Å². The number of fused-ring (bicyclic) bond motifs is 2. The van der Waals surface area contributed by atoms with Gasteiger partial charge in [-0.25, -0.2) is 0 Å². The summed E-state index contributed by atoms with van der Waals surface area (Å²) in [6.45, 7) is 3.85. The van der Waals surface area contributed by atoms with E-state index in [1.165, 1.54) is 0 Å². The molecular formula is C22H31ClN2O5. The number of piperidine rings is 1.